The molecule has 0 bridgehead atoms. The average molecular weight is 185 g/mol. The Hall–Kier alpha value is -1.26. The van der Waals surface area contributed by atoms with E-state index >= 15 is 0 Å². The number of likely N-dealkylation sites (N-methyl/N-ethyl adjacent to an activating group) is 1. The molecule has 1 fully saturated rings. The number of nitrogens with one attached hydrogen (secondary N) is 3. The van der Waals surface area contributed by atoms with E-state index in [1.807, 2.05) is 0 Å². The van der Waals surface area contributed by atoms with E-state index in [1.165, 1.54) is 0 Å². The van der Waals surface area contributed by atoms with Gasteiger partial charge in [-0.25, -0.2) is 4.79 Å². The molecule has 0 aromatic rings. The van der Waals surface area contributed by atoms with Crippen molar-refractivity contribution in [1.29, 1.82) is 0 Å². The molecule has 0 aromatic heterocycles. The number of hydrogen-bond donors (Lipinski definition) is 3. The van der Waals surface area contributed by atoms with E-state index in [2.05, 4.69) is 16.0 Å². The van der Waals surface area contributed by atoms with Crippen molar-refractivity contribution in [3.05, 3.63) is 0 Å². The number of carbonyl (C=O) groups is 2. The number of amides is 3. The van der Waals surface area contributed by atoms with Crippen molar-refractivity contribution in [3.8, 4) is 0 Å². The van der Waals surface area contributed by atoms with Crippen molar-refractivity contribution in [3.63, 3.8) is 0 Å². The van der Waals surface area contributed by atoms with Gasteiger partial charge in [0.15, 0.2) is 0 Å². The van der Waals surface area contributed by atoms with Gasteiger partial charge < -0.3 is 16.0 Å². The summed E-state index contributed by atoms with van der Waals surface area (Å²) >= 11 is 0. The molecule has 0 saturated heterocycles. The molecular formula is C8H15N3O2. The number of hydrogen-bond acceptors (Lipinski definition) is 2. The van der Waals surface area contributed by atoms with Crippen molar-refractivity contribution in [1.82, 2.24) is 16.0 Å². The SMILES string of the molecule is CNC(=O)C(C)NC(=O)NC1CC1. The van der Waals surface area contributed by atoms with Crippen LogP contribution < -0.4 is 16.0 Å². The molecule has 74 valence electrons. The Labute approximate surface area is 77.3 Å². The Bertz CT molecular complexity index is 213. The second-order valence-electron chi connectivity index (χ2n) is 3.23. The van der Waals surface area contributed by atoms with Gasteiger partial charge in [0.1, 0.15) is 6.04 Å². The Balaban J connectivity index is 2.21. The molecule has 1 unspecified atom stereocenters. The first-order valence-electron chi connectivity index (χ1n) is 4.42. The van der Waals surface area contributed by atoms with Gasteiger partial charge >= 0.3 is 6.03 Å². The summed E-state index contributed by atoms with van der Waals surface area (Å²) < 4.78 is 0. The summed E-state index contributed by atoms with van der Waals surface area (Å²) in [5.74, 6) is -0.189. The van der Waals surface area contributed by atoms with Crippen molar-refractivity contribution >= 4 is 11.9 Å². The third kappa shape index (κ3) is 3.31. The van der Waals surface area contributed by atoms with E-state index in [9.17, 15) is 9.59 Å². The average Bonchev–Trinajstić information content (AvgIpc) is 2.86. The van der Waals surface area contributed by atoms with Gasteiger partial charge in [0, 0.05) is 13.1 Å². The quantitative estimate of drug-likeness (QED) is 0.559. The molecule has 0 heterocycles. The summed E-state index contributed by atoms with van der Waals surface area (Å²) in [5, 5.41) is 7.73. The fourth-order valence-corrected chi connectivity index (χ4v) is 0.933. The minimum Gasteiger partial charge on any atom is -0.357 e. The van der Waals surface area contributed by atoms with Crippen LogP contribution in [0.4, 0.5) is 4.79 Å². The zero-order valence-electron chi connectivity index (χ0n) is 7.89. The Morgan fingerprint density at radius 2 is 2.00 bits per heavy atom. The molecule has 1 saturated carbocycles. The number of rotatable bonds is 3. The Morgan fingerprint density at radius 3 is 2.46 bits per heavy atom. The van der Waals surface area contributed by atoms with E-state index in [-0.39, 0.29) is 11.9 Å². The van der Waals surface area contributed by atoms with Gasteiger partial charge in [-0.3, -0.25) is 4.79 Å². The zero-order chi connectivity index (χ0) is 9.84. The summed E-state index contributed by atoms with van der Waals surface area (Å²) in [5.41, 5.74) is 0. The lowest BCUT2D eigenvalue weighted by Gasteiger charge is -2.12. The van der Waals surface area contributed by atoms with E-state index in [0.29, 0.717) is 6.04 Å². The van der Waals surface area contributed by atoms with Crippen molar-refractivity contribution in [2.75, 3.05) is 7.05 Å². The molecule has 3 amide bonds. The van der Waals surface area contributed by atoms with E-state index < -0.39 is 6.04 Å². The fraction of sp³-hybridized carbons (Fsp3) is 0.750. The number of urea groups is 1. The Kier molecular flexibility index (Phi) is 3.11. The second kappa shape index (κ2) is 4.11. The van der Waals surface area contributed by atoms with Crippen molar-refractivity contribution in [2.45, 2.75) is 31.8 Å². The maximum atomic E-state index is 11.1. The summed E-state index contributed by atoms with van der Waals surface area (Å²) in [6, 6.07) is -0.431. The molecule has 0 aliphatic heterocycles. The molecule has 1 rings (SSSR count). The van der Waals surface area contributed by atoms with Crippen LogP contribution >= 0.6 is 0 Å². The normalized spacial score (nSPS) is 17.4. The molecule has 13 heavy (non-hydrogen) atoms. The van der Waals surface area contributed by atoms with Crippen LogP contribution in [0.3, 0.4) is 0 Å². The van der Waals surface area contributed by atoms with Gasteiger partial charge in [0.25, 0.3) is 0 Å². The molecule has 0 spiro atoms. The van der Waals surface area contributed by atoms with Gasteiger partial charge in [-0.15, -0.1) is 0 Å². The zero-order valence-corrected chi connectivity index (χ0v) is 7.89. The predicted octanol–water partition coefficient (Wildman–Crippen LogP) is -0.417. The highest BCUT2D eigenvalue weighted by molar-refractivity contribution is 5.86. The Morgan fingerprint density at radius 1 is 1.38 bits per heavy atom. The maximum Gasteiger partial charge on any atom is 0.315 e. The molecule has 0 aromatic carbocycles. The summed E-state index contributed by atoms with van der Waals surface area (Å²) in [6.07, 6.45) is 2.09. The van der Waals surface area contributed by atoms with Gasteiger partial charge in [0.2, 0.25) is 5.91 Å². The van der Waals surface area contributed by atoms with Crippen molar-refractivity contribution < 1.29 is 9.59 Å². The molecular weight excluding hydrogens is 170 g/mol. The lowest BCUT2D eigenvalue weighted by Crippen LogP contribution is -2.48. The first-order chi connectivity index (χ1) is 6.13. The topological polar surface area (TPSA) is 70.2 Å². The highest BCUT2D eigenvalue weighted by Crippen LogP contribution is 2.18. The van der Waals surface area contributed by atoms with Gasteiger partial charge in [0.05, 0.1) is 0 Å². The van der Waals surface area contributed by atoms with Crippen LogP contribution in [0.1, 0.15) is 19.8 Å². The maximum absolute atomic E-state index is 11.1. The second-order valence-corrected chi connectivity index (χ2v) is 3.23. The highest BCUT2D eigenvalue weighted by atomic mass is 16.2. The minimum absolute atomic E-state index is 0.189. The van der Waals surface area contributed by atoms with Crippen LogP contribution in [-0.2, 0) is 4.79 Å². The van der Waals surface area contributed by atoms with Crippen LogP contribution in [0.5, 0.6) is 0 Å². The van der Waals surface area contributed by atoms with E-state index in [4.69, 9.17) is 0 Å². The first kappa shape index (κ1) is 9.83. The molecule has 5 nitrogen and oxygen atoms in total. The minimum atomic E-state index is -0.483. The standard InChI is InChI=1S/C8H15N3O2/c1-5(7(12)9-2)10-8(13)11-6-3-4-6/h5-6H,3-4H2,1-2H3,(H,9,12)(H2,10,11,13). The van der Waals surface area contributed by atoms with Crippen LogP contribution in [0.15, 0.2) is 0 Å². The largest absolute Gasteiger partial charge is 0.357 e. The van der Waals surface area contributed by atoms with Crippen molar-refractivity contribution in [2.24, 2.45) is 0 Å². The van der Waals surface area contributed by atoms with E-state index in [1.54, 1.807) is 14.0 Å². The first-order valence-corrected chi connectivity index (χ1v) is 4.42. The molecule has 1 atom stereocenters. The number of carbonyl (C=O) groups excluding carboxylic acids is 2. The fourth-order valence-electron chi connectivity index (χ4n) is 0.933. The lowest BCUT2D eigenvalue weighted by atomic mass is 10.3. The summed E-state index contributed by atoms with van der Waals surface area (Å²) in [4.78, 5) is 22.1. The monoisotopic (exact) mass is 185 g/mol. The third-order valence-corrected chi connectivity index (χ3v) is 1.90. The van der Waals surface area contributed by atoms with Crippen LogP contribution in [0.25, 0.3) is 0 Å². The lowest BCUT2D eigenvalue weighted by molar-refractivity contribution is -0.122. The summed E-state index contributed by atoms with van der Waals surface area (Å²) in [6.45, 7) is 1.64. The van der Waals surface area contributed by atoms with Gasteiger partial charge in [-0.2, -0.15) is 0 Å². The molecule has 3 N–H and O–H groups in total. The van der Waals surface area contributed by atoms with Crippen LogP contribution in [-0.4, -0.2) is 31.1 Å². The molecule has 1 aliphatic rings. The smallest absolute Gasteiger partial charge is 0.315 e. The highest BCUT2D eigenvalue weighted by Gasteiger charge is 2.24. The summed E-state index contributed by atoms with van der Waals surface area (Å²) in [7, 11) is 1.54. The molecule has 0 radical (unpaired) electrons. The predicted molar refractivity (Wildman–Crippen MR) is 48.2 cm³/mol. The molecule has 1 aliphatic carbocycles. The van der Waals surface area contributed by atoms with Crippen LogP contribution in [0.2, 0.25) is 0 Å². The van der Waals surface area contributed by atoms with Crippen LogP contribution in [0, 0.1) is 0 Å². The van der Waals surface area contributed by atoms with Gasteiger partial charge in [-0.05, 0) is 19.8 Å². The van der Waals surface area contributed by atoms with E-state index in [0.717, 1.165) is 12.8 Å². The van der Waals surface area contributed by atoms with Gasteiger partial charge in [-0.1, -0.05) is 0 Å². The third-order valence-electron chi connectivity index (χ3n) is 1.90. The molecule has 5 heteroatoms.